The van der Waals surface area contributed by atoms with Gasteiger partial charge in [0.1, 0.15) is 34.6 Å². The lowest BCUT2D eigenvalue weighted by Crippen LogP contribution is -1.80. The molecule has 0 aliphatic carbocycles. The molecule has 3 heteroatoms. The van der Waals surface area contributed by atoms with Gasteiger partial charge in [-0.3, -0.25) is 0 Å². The van der Waals surface area contributed by atoms with Crippen molar-refractivity contribution in [3.8, 4) is 22.6 Å². The van der Waals surface area contributed by atoms with Crippen LogP contribution in [0.4, 0.5) is 0 Å². The minimum absolute atomic E-state index is 0.816. The molecule has 3 rings (SSSR count). The van der Waals surface area contributed by atoms with E-state index in [1.165, 1.54) is 0 Å². The Morgan fingerprint density at radius 1 is 0.579 bits per heavy atom. The zero-order valence-electron chi connectivity index (χ0n) is 11.5. The van der Waals surface area contributed by atoms with Gasteiger partial charge in [0.2, 0.25) is 0 Å². The first kappa shape index (κ1) is 11.9. The fraction of sp³-hybridized carbons (Fsp3) is 0.250. The molecule has 0 bridgehead atoms. The lowest BCUT2D eigenvalue weighted by Gasteiger charge is -1.99. The van der Waals surface area contributed by atoms with Gasteiger partial charge in [0.05, 0.1) is 11.1 Å². The molecule has 0 aliphatic heterocycles. The molecular weight excluding hydrogens is 240 g/mol. The number of rotatable bonds is 2. The van der Waals surface area contributed by atoms with Crippen LogP contribution in [-0.2, 0) is 0 Å². The summed E-state index contributed by atoms with van der Waals surface area (Å²) in [6.45, 7) is 7.75. The average molecular weight is 256 g/mol. The highest BCUT2D eigenvalue weighted by atomic mass is 16.4. The van der Waals surface area contributed by atoms with Crippen LogP contribution in [0.1, 0.15) is 23.0 Å². The molecule has 0 fully saturated rings. The summed E-state index contributed by atoms with van der Waals surface area (Å²) in [7, 11) is 0. The van der Waals surface area contributed by atoms with Gasteiger partial charge in [-0.1, -0.05) is 0 Å². The van der Waals surface area contributed by atoms with Crippen LogP contribution in [0, 0.1) is 27.7 Å². The standard InChI is InChI=1S/C16H16O3/c1-9-5-7-13(17-9)15-11(3)19-12(4)16(15)14-8-6-10(2)18-14/h5-8H,1-4H3. The summed E-state index contributed by atoms with van der Waals surface area (Å²) in [4.78, 5) is 0. The zero-order chi connectivity index (χ0) is 13.6. The Labute approximate surface area is 111 Å². The van der Waals surface area contributed by atoms with Crippen molar-refractivity contribution in [1.29, 1.82) is 0 Å². The van der Waals surface area contributed by atoms with Crippen LogP contribution in [0.3, 0.4) is 0 Å². The van der Waals surface area contributed by atoms with Crippen molar-refractivity contribution < 1.29 is 13.3 Å². The largest absolute Gasteiger partial charge is 0.465 e. The second-order valence-corrected chi connectivity index (χ2v) is 4.79. The maximum Gasteiger partial charge on any atom is 0.138 e. The van der Waals surface area contributed by atoms with E-state index in [9.17, 15) is 0 Å². The minimum atomic E-state index is 0.816. The molecule has 19 heavy (non-hydrogen) atoms. The smallest absolute Gasteiger partial charge is 0.138 e. The minimum Gasteiger partial charge on any atom is -0.465 e. The predicted octanol–water partition coefficient (Wildman–Crippen LogP) is 5.03. The van der Waals surface area contributed by atoms with Crippen LogP contribution in [0.5, 0.6) is 0 Å². The average Bonchev–Trinajstić information content (AvgIpc) is 2.99. The molecule has 3 aromatic heterocycles. The SMILES string of the molecule is Cc1ccc(-c2c(C)oc(C)c2-c2ccc(C)o2)o1. The summed E-state index contributed by atoms with van der Waals surface area (Å²) in [5, 5.41) is 0. The van der Waals surface area contributed by atoms with Crippen molar-refractivity contribution in [2.24, 2.45) is 0 Å². The molecule has 0 aromatic carbocycles. The van der Waals surface area contributed by atoms with Gasteiger partial charge in [-0.25, -0.2) is 0 Å². The summed E-state index contributed by atoms with van der Waals surface area (Å²) in [5.74, 6) is 5.09. The van der Waals surface area contributed by atoms with Crippen LogP contribution < -0.4 is 0 Å². The highest BCUT2D eigenvalue weighted by Gasteiger charge is 2.22. The summed E-state index contributed by atoms with van der Waals surface area (Å²) < 4.78 is 17.2. The molecule has 3 heterocycles. The number of furan rings is 3. The van der Waals surface area contributed by atoms with E-state index >= 15 is 0 Å². The van der Waals surface area contributed by atoms with Crippen molar-refractivity contribution in [3.63, 3.8) is 0 Å². The van der Waals surface area contributed by atoms with Crippen molar-refractivity contribution in [1.82, 2.24) is 0 Å². The maximum atomic E-state index is 5.75. The number of aryl methyl sites for hydroxylation is 4. The van der Waals surface area contributed by atoms with Gasteiger partial charge >= 0.3 is 0 Å². The molecule has 0 aliphatic rings. The first-order valence-electron chi connectivity index (χ1n) is 6.30. The topological polar surface area (TPSA) is 39.4 Å². The summed E-state index contributed by atoms with van der Waals surface area (Å²) >= 11 is 0. The van der Waals surface area contributed by atoms with Gasteiger partial charge in [-0.15, -0.1) is 0 Å². The predicted molar refractivity (Wildman–Crippen MR) is 73.1 cm³/mol. The van der Waals surface area contributed by atoms with Crippen LogP contribution in [0.2, 0.25) is 0 Å². The van der Waals surface area contributed by atoms with E-state index < -0.39 is 0 Å². The molecule has 0 atom stereocenters. The van der Waals surface area contributed by atoms with E-state index in [-0.39, 0.29) is 0 Å². The molecule has 3 nitrogen and oxygen atoms in total. The van der Waals surface area contributed by atoms with Gasteiger partial charge in [-0.2, -0.15) is 0 Å². The van der Waals surface area contributed by atoms with E-state index in [4.69, 9.17) is 13.3 Å². The third-order valence-corrected chi connectivity index (χ3v) is 3.23. The van der Waals surface area contributed by atoms with Gasteiger partial charge in [-0.05, 0) is 52.0 Å². The van der Waals surface area contributed by atoms with Crippen molar-refractivity contribution in [3.05, 3.63) is 47.3 Å². The molecule has 0 unspecified atom stereocenters. The molecule has 0 N–H and O–H groups in total. The van der Waals surface area contributed by atoms with E-state index in [1.807, 2.05) is 52.0 Å². The fourth-order valence-corrected chi connectivity index (χ4v) is 2.41. The van der Waals surface area contributed by atoms with E-state index in [2.05, 4.69) is 0 Å². The molecule has 0 saturated heterocycles. The van der Waals surface area contributed by atoms with Crippen molar-refractivity contribution >= 4 is 0 Å². The van der Waals surface area contributed by atoms with Crippen LogP contribution >= 0.6 is 0 Å². The van der Waals surface area contributed by atoms with Crippen LogP contribution in [0.25, 0.3) is 22.6 Å². The zero-order valence-corrected chi connectivity index (χ0v) is 11.5. The number of hydrogen-bond acceptors (Lipinski definition) is 3. The van der Waals surface area contributed by atoms with Gasteiger partial charge in [0, 0.05) is 0 Å². The van der Waals surface area contributed by atoms with Crippen molar-refractivity contribution in [2.45, 2.75) is 27.7 Å². The third kappa shape index (κ3) is 1.91. The Bertz CT molecular complexity index is 664. The number of hydrogen-bond donors (Lipinski definition) is 0. The highest BCUT2D eigenvalue weighted by Crippen LogP contribution is 2.40. The van der Waals surface area contributed by atoms with Crippen LogP contribution in [0.15, 0.2) is 37.5 Å². The highest BCUT2D eigenvalue weighted by molar-refractivity contribution is 5.82. The Hall–Kier alpha value is -2.16. The van der Waals surface area contributed by atoms with E-state index in [0.717, 1.165) is 45.7 Å². The molecule has 0 spiro atoms. The normalized spacial score (nSPS) is 11.2. The van der Waals surface area contributed by atoms with E-state index in [1.54, 1.807) is 0 Å². The fourth-order valence-electron chi connectivity index (χ4n) is 2.41. The van der Waals surface area contributed by atoms with Gasteiger partial charge in [0.25, 0.3) is 0 Å². The molecule has 0 radical (unpaired) electrons. The molecule has 0 saturated carbocycles. The third-order valence-electron chi connectivity index (χ3n) is 3.23. The van der Waals surface area contributed by atoms with Crippen LogP contribution in [-0.4, -0.2) is 0 Å². The summed E-state index contributed by atoms with van der Waals surface area (Å²) in [6.07, 6.45) is 0. The van der Waals surface area contributed by atoms with Gasteiger partial charge < -0.3 is 13.3 Å². The molecule has 98 valence electrons. The Morgan fingerprint density at radius 2 is 1.00 bits per heavy atom. The van der Waals surface area contributed by atoms with Crippen molar-refractivity contribution in [2.75, 3.05) is 0 Å². The lowest BCUT2D eigenvalue weighted by molar-refractivity contribution is 0.500. The second-order valence-electron chi connectivity index (χ2n) is 4.79. The Kier molecular flexibility index (Phi) is 2.63. The Morgan fingerprint density at radius 3 is 1.32 bits per heavy atom. The summed E-state index contributed by atoms with van der Waals surface area (Å²) in [5.41, 5.74) is 1.94. The molecule has 3 aromatic rings. The Balaban J connectivity index is 2.25. The first-order chi connectivity index (χ1) is 9.06. The van der Waals surface area contributed by atoms with E-state index in [0.29, 0.717) is 0 Å². The quantitative estimate of drug-likeness (QED) is 0.645. The summed E-state index contributed by atoms with van der Waals surface area (Å²) in [6, 6.07) is 7.83. The lowest BCUT2D eigenvalue weighted by atomic mass is 10.0. The maximum absolute atomic E-state index is 5.75. The monoisotopic (exact) mass is 256 g/mol. The first-order valence-corrected chi connectivity index (χ1v) is 6.30. The molecular formula is C16H16O3. The molecule has 0 amide bonds. The van der Waals surface area contributed by atoms with Gasteiger partial charge in [0.15, 0.2) is 0 Å². The second kappa shape index (κ2) is 4.19.